The maximum Gasteiger partial charge on any atom is 0.184 e. The predicted molar refractivity (Wildman–Crippen MR) is 87.4 cm³/mol. The second-order valence-electron chi connectivity index (χ2n) is 5.70. The highest BCUT2D eigenvalue weighted by molar-refractivity contribution is 5.67. The molecule has 1 aromatic heterocycles. The Kier molecular flexibility index (Phi) is 4.24. The summed E-state index contributed by atoms with van der Waals surface area (Å²) in [6, 6.07) is 12.5. The largest absolute Gasteiger partial charge is 0.378 e. The van der Waals surface area contributed by atoms with Gasteiger partial charge in [-0.25, -0.2) is 4.98 Å². The van der Waals surface area contributed by atoms with Gasteiger partial charge in [0.15, 0.2) is 6.29 Å². The monoisotopic (exact) mass is 312 g/mol. The van der Waals surface area contributed by atoms with Gasteiger partial charge in [-0.2, -0.15) is 0 Å². The highest BCUT2D eigenvalue weighted by Crippen LogP contribution is 2.29. The molecule has 0 aliphatic carbocycles. The quantitative estimate of drug-likeness (QED) is 0.872. The Labute approximate surface area is 135 Å². The fraction of sp³-hybridized carbons (Fsp3) is 0.389. The molecule has 2 aromatic rings. The van der Waals surface area contributed by atoms with E-state index in [0.29, 0.717) is 13.2 Å². The molecule has 120 valence electrons. The average Bonchev–Trinajstić information content (AvgIpc) is 3.18. The van der Waals surface area contributed by atoms with E-state index in [1.54, 1.807) is 0 Å². The molecule has 0 saturated carbocycles. The van der Waals surface area contributed by atoms with Crippen LogP contribution in [0.15, 0.2) is 42.6 Å². The van der Waals surface area contributed by atoms with Crippen LogP contribution in [-0.2, 0) is 14.2 Å². The van der Waals surface area contributed by atoms with Crippen molar-refractivity contribution in [1.82, 2.24) is 4.98 Å². The minimum Gasteiger partial charge on any atom is -0.378 e. The van der Waals surface area contributed by atoms with Gasteiger partial charge in [0.25, 0.3) is 0 Å². The van der Waals surface area contributed by atoms with Crippen molar-refractivity contribution in [3.8, 4) is 11.1 Å². The lowest BCUT2D eigenvalue weighted by molar-refractivity contribution is -0.0440. The van der Waals surface area contributed by atoms with Crippen molar-refractivity contribution in [1.29, 1.82) is 0 Å². The smallest absolute Gasteiger partial charge is 0.184 e. The lowest BCUT2D eigenvalue weighted by atomic mass is 10.0. The van der Waals surface area contributed by atoms with Crippen LogP contribution in [0.5, 0.6) is 0 Å². The van der Waals surface area contributed by atoms with Crippen molar-refractivity contribution in [3.05, 3.63) is 48.2 Å². The summed E-state index contributed by atoms with van der Waals surface area (Å²) in [5.41, 5.74) is 3.37. The molecule has 2 saturated heterocycles. The highest BCUT2D eigenvalue weighted by atomic mass is 16.7. The molecule has 0 bridgehead atoms. The van der Waals surface area contributed by atoms with Gasteiger partial charge in [-0.1, -0.05) is 18.2 Å². The predicted octanol–water partition coefficient (Wildman–Crippen LogP) is 2.63. The summed E-state index contributed by atoms with van der Waals surface area (Å²) in [7, 11) is 0. The van der Waals surface area contributed by atoms with Crippen LogP contribution in [0.1, 0.15) is 11.9 Å². The first-order valence-corrected chi connectivity index (χ1v) is 8.02. The standard InChI is InChI=1S/C18H20N2O3/c1-2-14(12-16(3-1)18-22-10-11-23-18)15-4-5-19-17(13-15)20-6-8-21-9-7-20/h1-5,12-13,18H,6-11H2. The first-order chi connectivity index (χ1) is 11.4. The van der Waals surface area contributed by atoms with Crippen LogP contribution in [0.4, 0.5) is 5.82 Å². The van der Waals surface area contributed by atoms with Crippen molar-refractivity contribution in [3.63, 3.8) is 0 Å². The molecule has 4 rings (SSSR count). The van der Waals surface area contributed by atoms with E-state index in [2.05, 4.69) is 28.1 Å². The maximum atomic E-state index is 5.59. The number of anilines is 1. The van der Waals surface area contributed by atoms with E-state index in [-0.39, 0.29) is 6.29 Å². The minimum atomic E-state index is -0.240. The third-order valence-corrected chi connectivity index (χ3v) is 4.19. The normalized spacial score (nSPS) is 19.2. The van der Waals surface area contributed by atoms with Gasteiger partial charge in [-0.05, 0) is 29.3 Å². The van der Waals surface area contributed by atoms with Crippen LogP contribution >= 0.6 is 0 Å². The molecule has 5 heteroatoms. The van der Waals surface area contributed by atoms with Crippen molar-refractivity contribution >= 4 is 5.82 Å². The number of hydrogen-bond donors (Lipinski definition) is 0. The molecule has 2 aliphatic rings. The summed E-state index contributed by atoms with van der Waals surface area (Å²) in [6.45, 7) is 4.62. The molecule has 23 heavy (non-hydrogen) atoms. The van der Waals surface area contributed by atoms with E-state index in [9.17, 15) is 0 Å². The third kappa shape index (κ3) is 3.22. The molecule has 2 aliphatic heterocycles. The summed E-state index contributed by atoms with van der Waals surface area (Å²) in [5.74, 6) is 1.00. The van der Waals surface area contributed by atoms with Crippen LogP contribution in [-0.4, -0.2) is 44.5 Å². The van der Waals surface area contributed by atoms with E-state index < -0.39 is 0 Å². The zero-order valence-corrected chi connectivity index (χ0v) is 13.0. The van der Waals surface area contributed by atoms with Crippen LogP contribution < -0.4 is 4.90 Å². The highest BCUT2D eigenvalue weighted by Gasteiger charge is 2.19. The number of morpholine rings is 1. The Hall–Kier alpha value is -1.95. The summed E-state index contributed by atoms with van der Waals surface area (Å²) in [5, 5.41) is 0. The number of benzene rings is 1. The molecule has 2 fully saturated rings. The second-order valence-corrected chi connectivity index (χ2v) is 5.70. The Morgan fingerprint density at radius 1 is 0.913 bits per heavy atom. The molecule has 0 amide bonds. The number of pyridine rings is 1. The lowest BCUT2D eigenvalue weighted by Crippen LogP contribution is -2.36. The van der Waals surface area contributed by atoms with E-state index in [1.165, 1.54) is 0 Å². The number of nitrogens with zero attached hydrogens (tertiary/aromatic N) is 2. The molecule has 3 heterocycles. The summed E-state index contributed by atoms with van der Waals surface area (Å²) in [6.07, 6.45) is 1.63. The van der Waals surface area contributed by atoms with Gasteiger partial charge < -0.3 is 19.1 Å². The van der Waals surface area contributed by atoms with Gasteiger partial charge in [-0.3, -0.25) is 0 Å². The first kappa shape index (κ1) is 14.6. The Balaban J connectivity index is 1.61. The van der Waals surface area contributed by atoms with Crippen molar-refractivity contribution in [2.24, 2.45) is 0 Å². The number of hydrogen-bond acceptors (Lipinski definition) is 5. The van der Waals surface area contributed by atoms with E-state index >= 15 is 0 Å². The average molecular weight is 312 g/mol. The van der Waals surface area contributed by atoms with Crippen LogP contribution in [0.3, 0.4) is 0 Å². The van der Waals surface area contributed by atoms with Crippen molar-refractivity contribution in [2.45, 2.75) is 6.29 Å². The summed E-state index contributed by atoms with van der Waals surface area (Å²) >= 11 is 0. The molecule has 0 unspecified atom stereocenters. The van der Waals surface area contributed by atoms with E-state index in [4.69, 9.17) is 14.2 Å². The molecule has 0 radical (unpaired) electrons. The van der Waals surface area contributed by atoms with Gasteiger partial charge in [0, 0.05) is 24.8 Å². The van der Waals surface area contributed by atoms with Crippen LogP contribution in [0, 0.1) is 0 Å². The third-order valence-electron chi connectivity index (χ3n) is 4.19. The van der Waals surface area contributed by atoms with Crippen molar-refractivity contribution in [2.75, 3.05) is 44.4 Å². The van der Waals surface area contributed by atoms with Gasteiger partial charge in [0.05, 0.1) is 26.4 Å². The van der Waals surface area contributed by atoms with Crippen molar-refractivity contribution < 1.29 is 14.2 Å². The summed E-state index contributed by atoms with van der Waals surface area (Å²) < 4.78 is 16.6. The fourth-order valence-electron chi connectivity index (χ4n) is 2.98. The van der Waals surface area contributed by atoms with Gasteiger partial charge in [0.2, 0.25) is 0 Å². The van der Waals surface area contributed by atoms with E-state index in [0.717, 1.165) is 48.8 Å². The van der Waals surface area contributed by atoms with Crippen LogP contribution in [0.2, 0.25) is 0 Å². The molecular formula is C18H20N2O3. The zero-order valence-electron chi connectivity index (χ0n) is 13.0. The molecule has 1 aromatic carbocycles. The van der Waals surface area contributed by atoms with Gasteiger partial charge in [0.1, 0.15) is 5.82 Å². The van der Waals surface area contributed by atoms with Crippen LogP contribution in [0.25, 0.3) is 11.1 Å². The fourth-order valence-corrected chi connectivity index (χ4v) is 2.98. The molecular weight excluding hydrogens is 292 g/mol. The number of rotatable bonds is 3. The number of ether oxygens (including phenoxy) is 3. The molecule has 0 atom stereocenters. The molecule has 0 spiro atoms. The van der Waals surface area contributed by atoms with E-state index in [1.807, 2.05) is 24.4 Å². The second kappa shape index (κ2) is 6.66. The Morgan fingerprint density at radius 3 is 2.52 bits per heavy atom. The zero-order chi connectivity index (χ0) is 15.5. The van der Waals surface area contributed by atoms with Gasteiger partial charge in [-0.15, -0.1) is 0 Å². The topological polar surface area (TPSA) is 43.8 Å². The Morgan fingerprint density at radius 2 is 1.70 bits per heavy atom. The molecule has 5 nitrogen and oxygen atoms in total. The number of aromatic nitrogens is 1. The van der Waals surface area contributed by atoms with Gasteiger partial charge >= 0.3 is 0 Å². The summed E-state index contributed by atoms with van der Waals surface area (Å²) in [4.78, 5) is 6.77. The lowest BCUT2D eigenvalue weighted by Gasteiger charge is -2.28. The first-order valence-electron chi connectivity index (χ1n) is 8.02. The molecule has 0 N–H and O–H groups in total. The Bertz CT molecular complexity index is 665. The maximum absolute atomic E-state index is 5.59. The minimum absolute atomic E-state index is 0.240. The SMILES string of the molecule is c1cc(-c2ccnc(N3CCOCC3)c2)cc(C2OCCO2)c1.